The normalized spacial score (nSPS) is 19.0. The zero-order chi connectivity index (χ0) is 17.7. The lowest BCUT2D eigenvalue weighted by Gasteiger charge is -2.32. The summed E-state index contributed by atoms with van der Waals surface area (Å²) >= 11 is 0. The topological polar surface area (TPSA) is 40.8 Å². The maximum atomic E-state index is 13.6. The first kappa shape index (κ1) is 17.1. The van der Waals surface area contributed by atoms with E-state index in [-0.39, 0.29) is 0 Å². The maximum Gasteiger partial charge on any atom is 0.498 e. The molecule has 0 bridgehead atoms. The number of furan rings is 1. The van der Waals surface area contributed by atoms with E-state index in [4.69, 9.17) is 18.5 Å². The van der Waals surface area contributed by atoms with Gasteiger partial charge in [0, 0.05) is 16.9 Å². The Morgan fingerprint density at radius 2 is 1.79 bits per heavy atom. The van der Waals surface area contributed by atoms with Gasteiger partial charge in [-0.3, -0.25) is 0 Å². The highest BCUT2D eigenvalue weighted by Crippen LogP contribution is 2.37. The van der Waals surface area contributed by atoms with Gasteiger partial charge < -0.3 is 18.5 Å². The van der Waals surface area contributed by atoms with Crippen LogP contribution in [0.5, 0.6) is 0 Å². The zero-order valence-corrected chi connectivity index (χ0v) is 14.7. The number of hydrogen-bond acceptors (Lipinski definition) is 4. The number of rotatable bonds is 4. The fourth-order valence-electron chi connectivity index (χ4n) is 2.65. The van der Waals surface area contributed by atoms with E-state index in [9.17, 15) is 4.39 Å². The van der Waals surface area contributed by atoms with Crippen LogP contribution in [0.3, 0.4) is 0 Å². The van der Waals surface area contributed by atoms with Gasteiger partial charge in [-0.05, 0) is 46.2 Å². The summed E-state index contributed by atoms with van der Waals surface area (Å²) in [6.07, 6.45) is 0. The Morgan fingerprint density at radius 3 is 2.38 bits per heavy atom. The lowest BCUT2D eigenvalue weighted by molar-refractivity contribution is 0.00578. The van der Waals surface area contributed by atoms with Crippen LogP contribution in [0, 0.1) is 6.01 Å². The van der Waals surface area contributed by atoms with Crippen molar-refractivity contribution in [1.82, 2.24) is 0 Å². The molecule has 2 heterocycles. The molecule has 24 heavy (non-hydrogen) atoms. The molecule has 6 heteroatoms. The minimum Gasteiger partial charge on any atom is -0.494 e. The summed E-state index contributed by atoms with van der Waals surface area (Å²) < 4.78 is 36.5. The van der Waals surface area contributed by atoms with E-state index in [1.807, 2.05) is 39.8 Å². The second kappa shape index (κ2) is 5.64. The Morgan fingerprint density at radius 1 is 1.17 bits per heavy atom. The lowest BCUT2D eigenvalue weighted by atomic mass is 9.77. The summed E-state index contributed by atoms with van der Waals surface area (Å²) in [6.45, 7) is 13.7. The van der Waals surface area contributed by atoms with Crippen molar-refractivity contribution in [3.8, 4) is 0 Å². The molecule has 4 nitrogen and oxygen atoms in total. The van der Waals surface area contributed by atoms with Crippen molar-refractivity contribution in [3.05, 3.63) is 42.1 Å². The first-order valence-electron chi connectivity index (χ1n) is 7.95. The van der Waals surface area contributed by atoms with Crippen LogP contribution >= 0.6 is 0 Å². The van der Waals surface area contributed by atoms with Crippen molar-refractivity contribution >= 4 is 23.6 Å². The molecule has 0 radical (unpaired) electrons. The van der Waals surface area contributed by atoms with Gasteiger partial charge in [-0.15, -0.1) is 0 Å². The Hall–Kier alpha value is -1.79. The van der Waals surface area contributed by atoms with Crippen molar-refractivity contribution in [3.63, 3.8) is 0 Å². The molecule has 1 aliphatic rings. The van der Waals surface area contributed by atoms with Crippen LogP contribution in [0.1, 0.15) is 40.2 Å². The Balaban J connectivity index is 2.04. The minimum atomic E-state index is -0.638. The number of halogens is 1. The Bertz CT molecular complexity index is 778. The highest BCUT2D eigenvalue weighted by molar-refractivity contribution is 6.64. The smallest absolute Gasteiger partial charge is 0.494 e. The second-order valence-corrected chi connectivity index (χ2v) is 7.23. The fourth-order valence-corrected chi connectivity index (χ4v) is 2.65. The van der Waals surface area contributed by atoms with Gasteiger partial charge in [0.2, 0.25) is 0 Å². The highest BCUT2D eigenvalue weighted by atomic mass is 19.1. The summed E-state index contributed by atoms with van der Waals surface area (Å²) in [7, 11) is -0.632. The first-order chi connectivity index (χ1) is 11.1. The standard InChI is InChI=1S/C18H22BFO4/c1-11(2)21-10-12-7-13-9-15(20)22-16(13)14(8-12)19-23-17(3,4)18(5,6)24-19/h7-9H,1,10H2,2-6H3. The summed E-state index contributed by atoms with van der Waals surface area (Å²) in [5.74, 6) is 0.616. The van der Waals surface area contributed by atoms with E-state index < -0.39 is 24.3 Å². The SMILES string of the molecule is C=C(C)OCc1cc(B2OC(C)(C)C(C)(C)O2)c2oc(F)cc2c1. The van der Waals surface area contributed by atoms with E-state index in [0.717, 1.165) is 5.56 Å². The van der Waals surface area contributed by atoms with E-state index in [1.165, 1.54) is 6.07 Å². The molecule has 1 aromatic carbocycles. The van der Waals surface area contributed by atoms with Crippen molar-refractivity contribution in [2.24, 2.45) is 0 Å². The maximum absolute atomic E-state index is 13.6. The summed E-state index contributed by atoms with van der Waals surface area (Å²) in [5, 5.41) is 0.653. The van der Waals surface area contributed by atoms with E-state index in [0.29, 0.717) is 28.8 Å². The third-order valence-corrected chi connectivity index (χ3v) is 4.67. The molecule has 1 aliphatic heterocycles. The van der Waals surface area contributed by atoms with Crippen LogP contribution in [0.2, 0.25) is 0 Å². The largest absolute Gasteiger partial charge is 0.498 e. The van der Waals surface area contributed by atoms with Gasteiger partial charge in [-0.2, -0.15) is 4.39 Å². The van der Waals surface area contributed by atoms with Crippen LogP contribution in [-0.2, 0) is 20.7 Å². The van der Waals surface area contributed by atoms with Crippen LogP contribution in [0.25, 0.3) is 11.0 Å². The molecule has 128 valence electrons. The predicted molar refractivity (Wildman–Crippen MR) is 91.5 cm³/mol. The molecule has 0 amide bonds. The Labute approximate surface area is 141 Å². The number of fused-ring (bicyclic) bond motifs is 1. The van der Waals surface area contributed by atoms with Crippen molar-refractivity contribution < 1.29 is 22.9 Å². The third-order valence-electron chi connectivity index (χ3n) is 4.67. The molecule has 0 spiro atoms. The molecule has 0 unspecified atom stereocenters. The molecule has 0 N–H and O–H groups in total. The molecule has 1 aromatic heterocycles. The van der Waals surface area contributed by atoms with Crippen molar-refractivity contribution in [1.29, 1.82) is 0 Å². The molecule has 0 aliphatic carbocycles. The van der Waals surface area contributed by atoms with Gasteiger partial charge in [0.1, 0.15) is 12.2 Å². The predicted octanol–water partition coefficient (Wildman–Crippen LogP) is 3.92. The lowest BCUT2D eigenvalue weighted by Crippen LogP contribution is -2.41. The first-order valence-corrected chi connectivity index (χ1v) is 7.95. The zero-order valence-electron chi connectivity index (χ0n) is 14.7. The summed E-state index contributed by atoms with van der Waals surface area (Å²) in [4.78, 5) is 0. The molecule has 1 fully saturated rings. The summed E-state index contributed by atoms with van der Waals surface area (Å²) in [6, 6.07) is 4.42. The number of benzene rings is 1. The molecule has 3 rings (SSSR count). The molecule has 0 atom stereocenters. The van der Waals surface area contributed by atoms with Crippen LogP contribution in [-0.4, -0.2) is 18.3 Å². The van der Waals surface area contributed by atoms with Gasteiger partial charge in [0.25, 0.3) is 6.01 Å². The second-order valence-electron chi connectivity index (χ2n) is 7.23. The van der Waals surface area contributed by atoms with Gasteiger partial charge in [0.15, 0.2) is 0 Å². The minimum absolute atomic E-state index is 0.338. The highest BCUT2D eigenvalue weighted by Gasteiger charge is 2.52. The Kier molecular flexibility index (Phi) is 4.01. The fraction of sp³-hybridized carbons (Fsp3) is 0.444. The van der Waals surface area contributed by atoms with Gasteiger partial charge in [-0.1, -0.05) is 12.6 Å². The molecular formula is C18H22BFO4. The van der Waals surface area contributed by atoms with Gasteiger partial charge in [0.05, 0.1) is 17.0 Å². The van der Waals surface area contributed by atoms with Crippen LogP contribution < -0.4 is 5.46 Å². The quantitative estimate of drug-likeness (QED) is 0.628. The monoisotopic (exact) mass is 332 g/mol. The van der Waals surface area contributed by atoms with Gasteiger partial charge in [-0.25, -0.2) is 0 Å². The molecule has 1 saturated heterocycles. The van der Waals surface area contributed by atoms with E-state index >= 15 is 0 Å². The average molecular weight is 332 g/mol. The van der Waals surface area contributed by atoms with Crippen LogP contribution in [0.15, 0.2) is 35.0 Å². The van der Waals surface area contributed by atoms with Gasteiger partial charge >= 0.3 is 7.12 Å². The van der Waals surface area contributed by atoms with E-state index in [1.54, 1.807) is 6.92 Å². The molecule has 0 saturated carbocycles. The molecule has 2 aromatic rings. The average Bonchev–Trinajstić information content (AvgIpc) is 2.91. The number of hydrogen-bond donors (Lipinski definition) is 0. The number of ether oxygens (including phenoxy) is 1. The molecular weight excluding hydrogens is 310 g/mol. The number of allylic oxidation sites excluding steroid dienone is 1. The van der Waals surface area contributed by atoms with Crippen LogP contribution in [0.4, 0.5) is 4.39 Å². The van der Waals surface area contributed by atoms with Crippen molar-refractivity contribution in [2.45, 2.75) is 52.4 Å². The third kappa shape index (κ3) is 2.96. The van der Waals surface area contributed by atoms with E-state index in [2.05, 4.69) is 6.58 Å². The summed E-state index contributed by atoms with van der Waals surface area (Å²) in [5.41, 5.74) is 0.995. The van der Waals surface area contributed by atoms with Crippen molar-refractivity contribution in [2.75, 3.05) is 0 Å².